The van der Waals surface area contributed by atoms with Gasteiger partial charge in [-0.2, -0.15) is 0 Å². The Balaban J connectivity index is 1.80. The van der Waals surface area contributed by atoms with Gasteiger partial charge in [0, 0.05) is 24.7 Å². The predicted molar refractivity (Wildman–Crippen MR) is 111 cm³/mol. The van der Waals surface area contributed by atoms with Crippen molar-refractivity contribution in [1.82, 2.24) is 5.32 Å². The van der Waals surface area contributed by atoms with E-state index >= 15 is 0 Å². The SMILES string of the molecule is Cc1ccc(N(C)S(=O)(=O)c2cccc(C(=O)NCc3cc(F)ccc3F)c2)cc1. The Hall–Kier alpha value is -3.26. The number of nitrogens with one attached hydrogen (secondary N) is 1. The largest absolute Gasteiger partial charge is 0.348 e. The molecular weight excluding hydrogens is 410 g/mol. The van der Waals surface area contributed by atoms with Gasteiger partial charge >= 0.3 is 0 Å². The highest BCUT2D eigenvalue weighted by Crippen LogP contribution is 2.23. The molecule has 0 saturated carbocycles. The van der Waals surface area contributed by atoms with Gasteiger partial charge in [-0.25, -0.2) is 17.2 Å². The van der Waals surface area contributed by atoms with Gasteiger partial charge in [-0.05, 0) is 55.5 Å². The Morgan fingerprint density at radius 3 is 2.40 bits per heavy atom. The first-order valence-corrected chi connectivity index (χ1v) is 10.5. The van der Waals surface area contributed by atoms with Crippen LogP contribution in [0.5, 0.6) is 0 Å². The Morgan fingerprint density at radius 2 is 1.70 bits per heavy atom. The Bertz CT molecular complexity index is 1180. The minimum Gasteiger partial charge on any atom is -0.348 e. The highest BCUT2D eigenvalue weighted by molar-refractivity contribution is 7.92. The number of hydrogen-bond donors (Lipinski definition) is 1. The van der Waals surface area contributed by atoms with E-state index in [1.165, 1.54) is 31.3 Å². The molecule has 0 aliphatic rings. The fourth-order valence-electron chi connectivity index (χ4n) is 2.81. The lowest BCUT2D eigenvalue weighted by molar-refractivity contribution is 0.0950. The number of carbonyl (C=O) groups is 1. The smallest absolute Gasteiger partial charge is 0.264 e. The van der Waals surface area contributed by atoms with E-state index in [0.717, 1.165) is 28.1 Å². The van der Waals surface area contributed by atoms with Gasteiger partial charge in [-0.3, -0.25) is 9.10 Å². The molecule has 0 spiro atoms. The zero-order valence-corrected chi connectivity index (χ0v) is 17.2. The van der Waals surface area contributed by atoms with E-state index in [4.69, 9.17) is 0 Å². The van der Waals surface area contributed by atoms with Crippen molar-refractivity contribution in [3.63, 3.8) is 0 Å². The zero-order chi connectivity index (χ0) is 21.9. The van der Waals surface area contributed by atoms with E-state index in [2.05, 4.69) is 5.32 Å². The molecule has 0 unspecified atom stereocenters. The molecule has 0 atom stereocenters. The molecule has 8 heteroatoms. The van der Waals surface area contributed by atoms with E-state index in [9.17, 15) is 22.0 Å². The van der Waals surface area contributed by atoms with Crippen molar-refractivity contribution in [2.24, 2.45) is 0 Å². The predicted octanol–water partition coefficient (Wildman–Crippen LogP) is 4.03. The van der Waals surface area contributed by atoms with Crippen LogP contribution in [0.15, 0.2) is 71.6 Å². The van der Waals surface area contributed by atoms with E-state index < -0.39 is 27.6 Å². The van der Waals surface area contributed by atoms with Gasteiger partial charge in [0.2, 0.25) is 0 Å². The lowest BCUT2D eigenvalue weighted by Crippen LogP contribution is -2.27. The monoisotopic (exact) mass is 430 g/mol. The maximum atomic E-state index is 13.7. The summed E-state index contributed by atoms with van der Waals surface area (Å²) >= 11 is 0. The fourth-order valence-corrected chi connectivity index (χ4v) is 4.05. The van der Waals surface area contributed by atoms with Crippen molar-refractivity contribution in [2.75, 3.05) is 11.4 Å². The van der Waals surface area contributed by atoms with Crippen molar-refractivity contribution < 1.29 is 22.0 Å². The van der Waals surface area contributed by atoms with Crippen LogP contribution in [-0.4, -0.2) is 21.4 Å². The summed E-state index contributed by atoms with van der Waals surface area (Å²) in [6.07, 6.45) is 0. The van der Waals surface area contributed by atoms with E-state index in [1.807, 2.05) is 6.92 Å². The van der Waals surface area contributed by atoms with Gasteiger partial charge in [0.25, 0.3) is 15.9 Å². The molecule has 0 aliphatic carbocycles. The van der Waals surface area contributed by atoms with Crippen LogP contribution >= 0.6 is 0 Å². The third-order valence-corrected chi connectivity index (χ3v) is 6.38. The van der Waals surface area contributed by atoms with Gasteiger partial charge in [-0.1, -0.05) is 23.8 Å². The van der Waals surface area contributed by atoms with Gasteiger partial charge in [-0.15, -0.1) is 0 Å². The number of amides is 1. The van der Waals surface area contributed by atoms with Crippen LogP contribution in [0.2, 0.25) is 0 Å². The third-order valence-electron chi connectivity index (χ3n) is 4.60. The number of carbonyl (C=O) groups excluding carboxylic acids is 1. The van der Waals surface area contributed by atoms with Gasteiger partial charge in [0.15, 0.2) is 0 Å². The highest BCUT2D eigenvalue weighted by atomic mass is 32.2. The minimum absolute atomic E-state index is 0.00812. The summed E-state index contributed by atoms with van der Waals surface area (Å²) in [6, 6.07) is 15.5. The summed E-state index contributed by atoms with van der Waals surface area (Å²) in [5.74, 6) is -1.87. The first-order chi connectivity index (χ1) is 14.2. The summed E-state index contributed by atoms with van der Waals surface area (Å²) in [4.78, 5) is 12.4. The number of anilines is 1. The molecule has 0 radical (unpaired) electrons. The first-order valence-electron chi connectivity index (χ1n) is 9.06. The van der Waals surface area contributed by atoms with E-state index in [1.54, 1.807) is 24.3 Å². The molecule has 0 aliphatic heterocycles. The molecule has 3 aromatic carbocycles. The van der Waals surface area contributed by atoms with Crippen molar-refractivity contribution in [3.8, 4) is 0 Å². The fraction of sp³-hybridized carbons (Fsp3) is 0.136. The molecule has 3 aromatic rings. The van der Waals surface area contributed by atoms with Crippen LogP contribution in [0, 0.1) is 18.6 Å². The van der Waals surface area contributed by atoms with Crippen molar-refractivity contribution in [3.05, 3.63) is 95.1 Å². The number of benzene rings is 3. The summed E-state index contributed by atoms with van der Waals surface area (Å²) < 4.78 is 54.0. The molecule has 5 nitrogen and oxygen atoms in total. The van der Waals surface area contributed by atoms with Crippen LogP contribution in [0.4, 0.5) is 14.5 Å². The standard InChI is InChI=1S/C22H20F2N2O3S/c1-15-6-9-19(10-7-15)26(2)30(28,29)20-5-3-4-16(13-20)22(27)25-14-17-12-18(23)8-11-21(17)24/h3-13H,14H2,1-2H3,(H,25,27). The molecule has 0 aromatic heterocycles. The Kier molecular flexibility index (Phi) is 6.17. The molecule has 0 fully saturated rings. The summed E-state index contributed by atoms with van der Waals surface area (Å²) in [5, 5.41) is 2.48. The van der Waals surface area contributed by atoms with Crippen molar-refractivity contribution in [1.29, 1.82) is 0 Å². The normalized spacial score (nSPS) is 11.2. The number of hydrogen-bond acceptors (Lipinski definition) is 3. The molecule has 0 heterocycles. The number of nitrogens with zero attached hydrogens (tertiary/aromatic N) is 1. The van der Waals surface area contributed by atoms with E-state index in [-0.39, 0.29) is 22.6 Å². The minimum atomic E-state index is -3.90. The van der Waals surface area contributed by atoms with Crippen LogP contribution < -0.4 is 9.62 Å². The summed E-state index contributed by atoms with van der Waals surface area (Å²) in [5.41, 5.74) is 1.56. The van der Waals surface area contributed by atoms with Crippen LogP contribution in [0.25, 0.3) is 0 Å². The Morgan fingerprint density at radius 1 is 1.00 bits per heavy atom. The van der Waals surface area contributed by atoms with Crippen LogP contribution in [-0.2, 0) is 16.6 Å². The molecule has 3 rings (SSSR count). The average Bonchev–Trinajstić information content (AvgIpc) is 2.74. The van der Waals surface area contributed by atoms with Crippen LogP contribution in [0.3, 0.4) is 0 Å². The zero-order valence-electron chi connectivity index (χ0n) is 16.4. The topological polar surface area (TPSA) is 66.5 Å². The molecule has 1 N–H and O–H groups in total. The van der Waals surface area contributed by atoms with E-state index in [0.29, 0.717) is 5.69 Å². The Labute approximate surface area is 174 Å². The maximum Gasteiger partial charge on any atom is 0.264 e. The molecule has 30 heavy (non-hydrogen) atoms. The number of rotatable bonds is 6. The van der Waals surface area contributed by atoms with Gasteiger partial charge < -0.3 is 5.32 Å². The van der Waals surface area contributed by atoms with Gasteiger partial charge in [0.1, 0.15) is 11.6 Å². The van der Waals surface area contributed by atoms with Crippen LogP contribution in [0.1, 0.15) is 21.5 Å². The number of halogens is 2. The molecular formula is C22H20F2N2O3S. The molecule has 0 bridgehead atoms. The average molecular weight is 430 g/mol. The number of aryl methyl sites for hydroxylation is 1. The lowest BCUT2D eigenvalue weighted by Gasteiger charge is -2.20. The van der Waals surface area contributed by atoms with Gasteiger partial charge in [0.05, 0.1) is 10.6 Å². The maximum absolute atomic E-state index is 13.7. The second-order valence-corrected chi connectivity index (χ2v) is 8.72. The second-order valence-electron chi connectivity index (χ2n) is 6.75. The third kappa shape index (κ3) is 4.65. The second kappa shape index (κ2) is 8.62. The molecule has 1 amide bonds. The summed E-state index contributed by atoms with van der Waals surface area (Å²) in [6.45, 7) is 1.67. The molecule has 0 saturated heterocycles. The quantitative estimate of drug-likeness (QED) is 0.642. The first kappa shape index (κ1) is 21.4. The lowest BCUT2D eigenvalue weighted by atomic mass is 10.2. The highest BCUT2D eigenvalue weighted by Gasteiger charge is 2.22. The van der Waals surface area contributed by atoms with Crippen molar-refractivity contribution >= 4 is 21.6 Å². The summed E-state index contributed by atoms with van der Waals surface area (Å²) in [7, 11) is -2.47. The number of sulfonamides is 1. The molecule has 156 valence electrons. The van der Waals surface area contributed by atoms with Crippen molar-refractivity contribution in [2.45, 2.75) is 18.4 Å².